The minimum atomic E-state index is -1.76. The van der Waals surface area contributed by atoms with E-state index in [0.29, 0.717) is 16.7 Å². The Morgan fingerprint density at radius 1 is 1.03 bits per heavy atom. The lowest BCUT2D eigenvalue weighted by Gasteiger charge is -2.61. The number of methoxy groups -OCH3 is 1. The van der Waals surface area contributed by atoms with Crippen molar-refractivity contribution in [1.29, 1.82) is 0 Å². The summed E-state index contributed by atoms with van der Waals surface area (Å²) in [6.07, 6.45) is 7.36. The molecule has 166 valence electrons. The predicted octanol–water partition coefficient (Wildman–Crippen LogP) is 6.74. The van der Waals surface area contributed by atoms with E-state index in [1.54, 1.807) is 0 Å². The van der Waals surface area contributed by atoms with Gasteiger partial charge in [-0.3, -0.25) is 0 Å². The second kappa shape index (κ2) is 6.85. The van der Waals surface area contributed by atoms with Crippen molar-refractivity contribution in [1.82, 2.24) is 0 Å². The van der Waals surface area contributed by atoms with Gasteiger partial charge in [0, 0.05) is 0 Å². The maximum atomic E-state index is 12.8. The maximum absolute atomic E-state index is 12.8. The summed E-state index contributed by atoms with van der Waals surface area (Å²) in [6.45, 7) is 16.7. The molecule has 3 nitrogen and oxygen atoms in total. The third kappa shape index (κ3) is 3.16. The van der Waals surface area contributed by atoms with Gasteiger partial charge in [0.1, 0.15) is 5.75 Å². The molecule has 0 heterocycles. The smallest absolute Gasteiger partial charge is 0.338 e. The largest absolute Gasteiger partial charge is 0.544 e. The van der Waals surface area contributed by atoms with Crippen LogP contribution in [0.4, 0.5) is 0 Å². The molecule has 1 aromatic carbocycles. The number of carbonyl (C=O) groups excluding carboxylic acids is 1. The summed E-state index contributed by atoms with van der Waals surface area (Å²) in [6, 6.07) is 4.00. The molecule has 0 radical (unpaired) electrons. The fourth-order valence-corrected chi connectivity index (χ4v) is 8.65. The van der Waals surface area contributed by atoms with Crippen molar-refractivity contribution < 1.29 is 14.0 Å². The SMILES string of the molecule is COC(=O)c1ccc(O[Si](C)(C)C)c2c1[C@@]1(C)CC[C@H]3C(C)(C)CCC[C@]3(C)[C@H]1C2. The molecule has 0 amide bonds. The highest BCUT2D eigenvalue weighted by molar-refractivity contribution is 6.70. The minimum absolute atomic E-state index is 0.0103. The number of fused-ring (bicyclic) bond motifs is 5. The van der Waals surface area contributed by atoms with E-state index in [9.17, 15) is 4.79 Å². The molecular weight excluding hydrogens is 388 g/mol. The summed E-state index contributed by atoms with van der Waals surface area (Å²) in [5.74, 6) is 2.11. The van der Waals surface area contributed by atoms with Crippen molar-refractivity contribution in [3.8, 4) is 5.75 Å². The Labute approximate surface area is 184 Å². The summed E-state index contributed by atoms with van der Waals surface area (Å²) in [5, 5.41) is 0. The van der Waals surface area contributed by atoms with Crippen LogP contribution < -0.4 is 4.43 Å². The molecule has 4 heteroatoms. The second-order valence-corrected chi connectivity index (χ2v) is 16.7. The van der Waals surface area contributed by atoms with E-state index in [4.69, 9.17) is 9.16 Å². The quantitative estimate of drug-likeness (QED) is 0.395. The average Bonchev–Trinajstić information content (AvgIpc) is 2.95. The van der Waals surface area contributed by atoms with Crippen LogP contribution in [0.15, 0.2) is 12.1 Å². The van der Waals surface area contributed by atoms with Crippen LogP contribution in [0.3, 0.4) is 0 Å². The Kier molecular flexibility index (Phi) is 5.01. The average molecular weight is 429 g/mol. The third-order valence-electron chi connectivity index (χ3n) is 8.86. The van der Waals surface area contributed by atoms with Crippen LogP contribution in [0.5, 0.6) is 5.75 Å². The minimum Gasteiger partial charge on any atom is -0.544 e. The molecule has 3 aliphatic carbocycles. The molecule has 0 N–H and O–H groups in total. The van der Waals surface area contributed by atoms with Gasteiger partial charge < -0.3 is 9.16 Å². The first-order valence-electron chi connectivity index (χ1n) is 11.8. The molecular formula is C26H40O3Si. The highest BCUT2D eigenvalue weighted by atomic mass is 28.4. The van der Waals surface area contributed by atoms with Gasteiger partial charge in [0.25, 0.3) is 0 Å². The van der Waals surface area contributed by atoms with Crippen molar-refractivity contribution in [3.63, 3.8) is 0 Å². The summed E-state index contributed by atoms with van der Waals surface area (Å²) in [7, 11) is -0.261. The van der Waals surface area contributed by atoms with Crippen LogP contribution >= 0.6 is 0 Å². The van der Waals surface area contributed by atoms with E-state index in [0.717, 1.165) is 30.1 Å². The van der Waals surface area contributed by atoms with Crippen LogP contribution in [-0.2, 0) is 16.6 Å². The van der Waals surface area contributed by atoms with E-state index < -0.39 is 8.32 Å². The molecule has 30 heavy (non-hydrogen) atoms. The molecule has 0 aliphatic heterocycles. The summed E-state index contributed by atoms with van der Waals surface area (Å²) in [4.78, 5) is 12.8. The van der Waals surface area contributed by atoms with Gasteiger partial charge >= 0.3 is 5.97 Å². The van der Waals surface area contributed by atoms with Crippen molar-refractivity contribution in [2.45, 2.75) is 91.3 Å². The number of hydrogen-bond acceptors (Lipinski definition) is 3. The summed E-state index contributed by atoms with van der Waals surface area (Å²) >= 11 is 0. The van der Waals surface area contributed by atoms with E-state index in [1.807, 2.05) is 12.1 Å². The molecule has 0 unspecified atom stereocenters. The first kappa shape index (κ1) is 21.9. The maximum Gasteiger partial charge on any atom is 0.338 e. The molecule has 0 spiro atoms. The highest BCUT2D eigenvalue weighted by Crippen LogP contribution is 2.68. The number of rotatable bonds is 3. The standard InChI is InChI=1S/C26H40O3Si/c1-24(2)13-9-14-25(3)20(24)12-15-26(4)21(25)16-18-19(29-30(6,7)8)11-10-17(22(18)26)23(27)28-5/h10-11,20-21H,9,12-16H2,1-8H3/t20-,21+,25-,26-/m0/s1. The zero-order chi connectivity index (χ0) is 22.1. The summed E-state index contributed by atoms with van der Waals surface area (Å²) < 4.78 is 11.8. The number of carbonyl (C=O) groups is 1. The molecule has 2 saturated carbocycles. The van der Waals surface area contributed by atoms with Gasteiger partial charge in [0.2, 0.25) is 8.32 Å². The van der Waals surface area contributed by atoms with Crippen LogP contribution in [0.1, 0.15) is 81.3 Å². The van der Waals surface area contributed by atoms with Gasteiger partial charge in [-0.15, -0.1) is 0 Å². The van der Waals surface area contributed by atoms with Crippen LogP contribution in [0.25, 0.3) is 0 Å². The van der Waals surface area contributed by atoms with Crippen molar-refractivity contribution >= 4 is 14.3 Å². The van der Waals surface area contributed by atoms with Crippen molar-refractivity contribution in [2.75, 3.05) is 7.11 Å². The fourth-order valence-electron chi connectivity index (χ4n) is 7.80. The zero-order valence-corrected chi connectivity index (χ0v) is 21.3. The lowest BCUT2D eigenvalue weighted by atomic mass is 9.43. The Morgan fingerprint density at radius 3 is 2.37 bits per heavy atom. The second-order valence-electron chi connectivity index (χ2n) is 12.3. The molecule has 1 aromatic rings. The van der Waals surface area contributed by atoms with Gasteiger partial charge in [-0.2, -0.15) is 0 Å². The fraction of sp³-hybridized carbons (Fsp3) is 0.731. The van der Waals surface area contributed by atoms with Gasteiger partial charge in [0.15, 0.2) is 0 Å². The van der Waals surface area contributed by atoms with Crippen LogP contribution in [0, 0.1) is 22.7 Å². The number of esters is 1. The van der Waals surface area contributed by atoms with Gasteiger partial charge in [-0.05, 0) is 103 Å². The first-order chi connectivity index (χ1) is 13.8. The zero-order valence-electron chi connectivity index (χ0n) is 20.3. The molecule has 0 aromatic heterocycles. The van der Waals surface area contributed by atoms with E-state index >= 15 is 0 Å². The number of hydrogen-bond donors (Lipinski definition) is 0. The topological polar surface area (TPSA) is 35.5 Å². The third-order valence-corrected chi connectivity index (χ3v) is 9.70. The molecule has 2 fully saturated rings. The van der Waals surface area contributed by atoms with Crippen LogP contribution in [0.2, 0.25) is 19.6 Å². The lowest BCUT2D eigenvalue weighted by molar-refractivity contribution is -0.0983. The van der Waals surface area contributed by atoms with E-state index in [-0.39, 0.29) is 11.4 Å². The van der Waals surface area contributed by atoms with Crippen LogP contribution in [-0.4, -0.2) is 21.4 Å². The van der Waals surface area contributed by atoms with Crippen molar-refractivity contribution in [3.05, 3.63) is 28.8 Å². The normalized spacial score (nSPS) is 34.5. The van der Waals surface area contributed by atoms with Gasteiger partial charge in [0.05, 0.1) is 12.7 Å². The molecule has 4 atom stereocenters. The van der Waals surface area contributed by atoms with E-state index in [2.05, 4.69) is 47.3 Å². The molecule has 4 rings (SSSR count). The Hall–Kier alpha value is -1.29. The number of benzene rings is 1. The van der Waals surface area contributed by atoms with Gasteiger partial charge in [-0.25, -0.2) is 4.79 Å². The summed E-state index contributed by atoms with van der Waals surface area (Å²) in [5.41, 5.74) is 3.99. The predicted molar refractivity (Wildman–Crippen MR) is 125 cm³/mol. The monoisotopic (exact) mass is 428 g/mol. The molecule has 0 saturated heterocycles. The first-order valence-corrected chi connectivity index (χ1v) is 15.2. The van der Waals surface area contributed by atoms with E-state index in [1.165, 1.54) is 43.9 Å². The lowest BCUT2D eigenvalue weighted by Crippen LogP contribution is -2.55. The molecule has 0 bridgehead atoms. The highest BCUT2D eigenvalue weighted by Gasteiger charge is 2.62. The van der Waals surface area contributed by atoms with Gasteiger partial charge in [-0.1, -0.05) is 34.1 Å². The number of ether oxygens (including phenoxy) is 1. The Balaban J connectivity index is 1.88. The van der Waals surface area contributed by atoms with Crippen molar-refractivity contribution in [2.24, 2.45) is 22.7 Å². The molecule has 3 aliphatic rings. The Morgan fingerprint density at radius 2 is 1.73 bits per heavy atom. The Bertz CT molecular complexity index is 868.